The molecule has 6 heteroatoms. The number of pyridine rings is 1. The van der Waals surface area contributed by atoms with E-state index in [0.29, 0.717) is 0 Å². The maximum absolute atomic E-state index is 4.71. The summed E-state index contributed by atoms with van der Waals surface area (Å²) in [6, 6.07) is 10.8. The van der Waals surface area contributed by atoms with Gasteiger partial charge < -0.3 is 19.7 Å². The minimum Gasteiger partial charge on any atom is -0.369 e. The number of fused-ring (bicyclic) bond motifs is 1. The number of anilines is 1. The monoisotopic (exact) mass is 420 g/mol. The van der Waals surface area contributed by atoms with E-state index >= 15 is 0 Å². The zero-order valence-corrected chi connectivity index (χ0v) is 19.1. The average molecular weight is 421 g/mol. The second-order valence-electron chi connectivity index (χ2n) is 8.44. The Hall–Kier alpha value is -2.44. The summed E-state index contributed by atoms with van der Waals surface area (Å²) in [5.41, 5.74) is 4.34. The lowest BCUT2D eigenvalue weighted by molar-refractivity contribution is 0.231. The molecule has 0 saturated carbocycles. The number of rotatable bonds is 10. The van der Waals surface area contributed by atoms with Gasteiger partial charge in [-0.25, -0.2) is 4.98 Å². The van der Waals surface area contributed by atoms with E-state index in [1.807, 2.05) is 12.3 Å². The number of nitrogens with one attached hydrogen (secondary N) is 1. The van der Waals surface area contributed by atoms with E-state index in [9.17, 15) is 0 Å². The zero-order chi connectivity index (χ0) is 21.5. The van der Waals surface area contributed by atoms with E-state index in [4.69, 9.17) is 4.98 Å². The zero-order valence-electron chi connectivity index (χ0n) is 19.1. The molecule has 1 fully saturated rings. The fourth-order valence-corrected chi connectivity index (χ4v) is 4.44. The van der Waals surface area contributed by atoms with Gasteiger partial charge in [-0.05, 0) is 69.4 Å². The quantitative estimate of drug-likeness (QED) is 0.531. The smallest absolute Gasteiger partial charge is 0.138 e. The molecule has 1 aliphatic rings. The van der Waals surface area contributed by atoms with Crippen molar-refractivity contribution < 1.29 is 0 Å². The standard InChI is InChI=1S/C25H36N6/c1-3-29(4-2)16-18-31(19-17-30-14-6-5-7-15-30)22-10-8-21(9-11-22)25-27-23-12-13-26-20-24(23)28-25/h8-13,20H,3-7,14-19H2,1-2H3,(H,27,28). The Bertz CT molecular complexity index is 892. The van der Waals surface area contributed by atoms with E-state index in [2.05, 4.69) is 62.8 Å². The number of aromatic nitrogens is 3. The van der Waals surface area contributed by atoms with Crippen LogP contribution in [0.4, 0.5) is 5.69 Å². The summed E-state index contributed by atoms with van der Waals surface area (Å²) < 4.78 is 0. The van der Waals surface area contributed by atoms with Gasteiger partial charge in [0.2, 0.25) is 0 Å². The SMILES string of the molecule is CCN(CC)CCN(CCN1CCCCC1)c1ccc(-c2nc3ccncc3[nH]2)cc1. The molecular weight excluding hydrogens is 384 g/mol. The molecule has 0 radical (unpaired) electrons. The summed E-state index contributed by atoms with van der Waals surface area (Å²) >= 11 is 0. The number of likely N-dealkylation sites (N-methyl/N-ethyl adjacent to an activating group) is 1. The van der Waals surface area contributed by atoms with Gasteiger partial charge in [0.15, 0.2) is 0 Å². The highest BCUT2D eigenvalue weighted by Gasteiger charge is 2.14. The highest BCUT2D eigenvalue weighted by Crippen LogP contribution is 2.23. The molecule has 0 atom stereocenters. The molecule has 1 N–H and O–H groups in total. The van der Waals surface area contributed by atoms with Crippen molar-refractivity contribution in [2.24, 2.45) is 0 Å². The molecular formula is C25H36N6. The van der Waals surface area contributed by atoms with Crippen molar-refractivity contribution in [1.82, 2.24) is 24.8 Å². The third kappa shape index (κ3) is 5.63. The van der Waals surface area contributed by atoms with Crippen LogP contribution < -0.4 is 4.90 Å². The largest absolute Gasteiger partial charge is 0.369 e. The molecule has 2 aromatic heterocycles. The second kappa shape index (κ2) is 10.7. The van der Waals surface area contributed by atoms with Crippen LogP contribution in [0.3, 0.4) is 0 Å². The molecule has 0 unspecified atom stereocenters. The van der Waals surface area contributed by atoms with E-state index < -0.39 is 0 Å². The Morgan fingerprint density at radius 3 is 2.42 bits per heavy atom. The third-order valence-corrected chi connectivity index (χ3v) is 6.50. The number of nitrogens with zero attached hydrogens (tertiary/aromatic N) is 5. The van der Waals surface area contributed by atoms with Gasteiger partial charge in [-0.1, -0.05) is 20.3 Å². The first-order chi connectivity index (χ1) is 15.3. The number of aromatic amines is 1. The van der Waals surface area contributed by atoms with Crippen LogP contribution in [0, 0.1) is 0 Å². The molecule has 0 aliphatic carbocycles. The van der Waals surface area contributed by atoms with Crippen LogP contribution in [0.15, 0.2) is 42.7 Å². The molecule has 1 saturated heterocycles. The van der Waals surface area contributed by atoms with Gasteiger partial charge in [0.25, 0.3) is 0 Å². The maximum atomic E-state index is 4.71. The number of likely N-dealkylation sites (tertiary alicyclic amines) is 1. The number of piperidine rings is 1. The first-order valence-electron chi connectivity index (χ1n) is 11.9. The van der Waals surface area contributed by atoms with Gasteiger partial charge in [-0.2, -0.15) is 0 Å². The molecule has 166 valence electrons. The van der Waals surface area contributed by atoms with E-state index in [1.165, 1.54) is 38.0 Å². The first-order valence-corrected chi connectivity index (χ1v) is 11.9. The minimum absolute atomic E-state index is 0.901. The number of hydrogen-bond donors (Lipinski definition) is 1. The Kier molecular flexibility index (Phi) is 7.54. The highest BCUT2D eigenvalue weighted by atomic mass is 15.2. The molecule has 4 rings (SSSR count). The van der Waals surface area contributed by atoms with Gasteiger partial charge in [0, 0.05) is 43.6 Å². The van der Waals surface area contributed by atoms with Gasteiger partial charge in [0.05, 0.1) is 17.2 Å². The molecule has 3 heterocycles. The van der Waals surface area contributed by atoms with Crippen molar-refractivity contribution >= 4 is 16.7 Å². The van der Waals surface area contributed by atoms with Crippen LogP contribution in [-0.4, -0.2) is 77.1 Å². The summed E-state index contributed by atoms with van der Waals surface area (Å²) in [6.07, 6.45) is 7.70. The van der Waals surface area contributed by atoms with Crippen LogP contribution in [-0.2, 0) is 0 Å². The van der Waals surface area contributed by atoms with Crippen LogP contribution in [0.25, 0.3) is 22.4 Å². The van der Waals surface area contributed by atoms with Crippen LogP contribution in [0.1, 0.15) is 33.1 Å². The average Bonchev–Trinajstić information content (AvgIpc) is 3.27. The first kappa shape index (κ1) is 21.8. The lowest BCUT2D eigenvalue weighted by atomic mass is 10.1. The lowest BCUT2D eigenvalue weighted by Crippen LogP contribution is -2.41. The molecule has 31 heavy (non-hydrogen) atoms. The van der Waals surface area contributed by atoms with Crippen molar-refractivity contribution in [2.45, 2.75) is 33.1 Å². The lowest BCUT2D eigenvalue weighted by Gasteiger charge is -2.32. The van der Waals surface area contributed by atoms with E-state index in [1.54, 1.807) is 6.20 Å². The van der Waals surface area contributed by atoms with Gasteiger partial charge in [-0.15, -0.1) is 0 Å². The van der Waals surface area contributed by atoms with E-state index in [0.717, 1.165) is 61.7 Å². The number of benzene rings is 1. The number of hydrogen-bond acceptors (Lipinski definition) is 5. The molecule has 1 aromatic carbocycles. The predicted octanol–water partition coefficient (Wildman–Crippen LogP) is 4.26. The minimum atomic E-state index is 0.901. The maximum Gasteiger partial charge on any atom is 0.138 e. The molecule has 6 nitrogen and oxygen atoms in total. The summed E-state index contributed by atoms with van der Waals surface area (Å²) in [4.78, 5) is 20.0. The Morgan fingerprint density at radius 2 is 1.71 bits per heavy atom. The normalized spacial score (nSPS) is 15.1. The topological polar surface area (TPSA) is 51.3 Å². The fraction of sp³-hybridized carbons (Fsp3) is 0.520. The number of imidazole rings is 1. The fourth-order valence-electron chi connectivity index (χ4n) is 4.44. The van der Waals surface area contributed by atoms with Gasteiger partial charge in [-0.3, -0.25) is 4.98 Å². The Labute approximate surface area is 186 Å². The summed E-state index contributed by atoms with van der Waals surface area (Å²) in [5.74, 6) is 0.901. The second-order valence-corrected chi connectivity index (χ2v) is 8.44. The van der Waals surface area contributed by atoms with Crippen molar-refractivity contribution in [1.29, 1.82) is 0 Å². The molecule has 0 spiro atoms. The van der Waals surface area contributed by atoms with Crippen molar-refractivity contribution in [3.8, 4) is 11.4 Å². The van der Waals surface area contributed by atoms with Crippen molar-refractivity contribution in [2.75, 3.05) is 57.3 Å². The predicted molar refractivity (Wildman–Crippen MR) is 130 cm³/mol. The van der Waals surface area contributed by atoms with Crippen molar-refractivity contribution in [3.05, 3.63) is 42.7 Å². The molecule has 3 aromatic rings. The van der Waals surface area contributed by atoms with E-state index in [-0.39, 0.29) is 0 Å². The molecule has 0 amide bonds. The molecule has 1 aliphatic heterocycles. The van der Waals surface area contributed by atoms with Crippen LogP contribution >= 0.6 is 0 Å². The number of H-pyrrole nitrogens is 1. The summed E-state index contributed by atoms with van der Waals surface area (Å²) in [7, 11) is 0. The van der Waals surface area contributed by atoms with Crippen LogP contribution in [0.2, 0.25) is 0 Å². The van der Waals surface area contributed by atoms with Gasteiger partial charge in [0.1, 0.15) is 5.82 Å². The highest BCUT2D eigenvalue weighted by molar-refractivity contribution is 5.78. The van der Waals surface area contributed by atoms with Gasteiger partial charge >= 0.3 is 0 Å². The van der Waals surface area contributed by atoms with Crippen LogP contribution in [0.5, 0.6) is 0 Å². The Balaban J connectivity index is 1.47. The Morgan fingerprint density at radius 1 is 0.935 bits per heavy atom. The summed E-state index contributed by atoms with van der Waals surface area (Å²) in [5, 5.41) is 0. The third-order valence-electron chi connectivity index (χ3n) is 6.50. The summed E-state index contributed by atoms with van der Waals surface area (Å²) in [6.45, 7) is 13.6. The van der Waals surface area contributed by atoms with Crippen molar-refractivity contribution in [3.63, 3.8) is 0 Å². The molecule has 0 bridgehead atoms.